The number of carboxylic acids is 1. The minimum atomic E-state index is -1.88. The van der Waals surface area contributed by atoms with Crippen LogP contribution in [0.3, 0.4) is 0 Å². The molecular formula is C75H119N18O27S3+. The Hall–Kier alpha value is -9.96. The van der Waals surface area contributed by atoms with Crippen molar-refractivity contribution in [2.75, 3.05) is 208 Å². The standard InChI is InChI=1S/C75H118N18O27S3/c76-60(94)42-118-43-63(97)80-18-22-110-26-30-114-33-29-113-25-21-83-69(104)59-49-123-50-66(100)87-54(14-7-8-16-79-62(96)44-119-45-64(98)81-19-23-111-27-31-115-34-36-117-37-35-116-32-28-112-24-20-82-65(99)46-120-86-40-52-12-5-2-6-13-52)70(105)91-57(47-121)73(108)89-53(15-9-17-84-75(77)78)68(103)85-41-61(95)88-56(39-67(101)102)72(107)92-58(48-122)74(109)90-55(71(106)93-59)38-51-10-3-1-4-11-51/h1-6,10-13,40,53-59,121-122H,7-9,14-39,41-50H2,(H2,76,94)(H,79,96)(H,80,97)(H,81,98)(H,82,99)(H,83,104)(H,85,103)(H,87,100)(H,88,95)(H,89,108)(H,90,109)(H,91,105)(H,92,107)(H,93,106)(H,101,102)(H4,77,78,84)/p+1. The highest BCUT2D eigenvalue weighted by atomic mass is 32.2. The summed E-state index contributed by atoms with van der Waals surface area (Å²) in [6.45, 7) is 1.43. The van der Waals surface area contributed by atoms with E-state index in [1.165, 1.54) is 6.21 Å². The number of quaternary nitrogens is 1. The second-order valence-corrected chi connectivity index (χ2v) is 28.2. The van der Waals surface area contributed by atoms with Crippen LogP contribution in [-0.2, 0) is 131 Å². The maximum Gasteiger partial charge on any atom is 0.334 e. The van der Waals surface area contributed by atoms with Crippen LogP contribution in [0.5, 0.6) is 0 Å². The second kappa shape index (κ2) is 68.5. The summed E-state index contributed by atoms with van der Waals surface area (Å²) in [5.74, 6) is -14.4. The first-order valence-electron chi connectivity index (χ1n) is 39.5. The fraction of sp³-hybridized carbons (Fsp3) is 0.613. The molecule has 0 saturated carbocycles. The lowest BCUT2D eigenvalue weighted by Crippen LogP contribution is -2.60. The van der Waals surface area contributed by atoms with E-state index >= 15 is 0 Å². The monoisotopic (exact) mass is 1800 g/mol. The zero-order valence-electron chi connectivity index (χ0n) is 68.6. The number of rotatable bonds is 58. The highest BCUT2D eigenvalue weighted by molar-refractivity contribution is 8.00. The molecule has 3 rings (SSSR count). The van der Waals surface area contributed by atoms with Gasteiger partial charge in [-0.3, -0.25) is 77.8 Å². The third kappa shape index (κ3) is 55.0. The number of guanidine groups is 1. The van der Waals surface area contributed by atoms with Crippen LogP contribution in [0.25, 0.3) is 0 Å². The first-order valence-corrected chi connectivity index (χ1v) is 42.0. The number of aliphatic imine (C=N–C) groups is 1. The second-order valence-electron chi connectivity index (χ2n) is 26.4. The number of thiol groups is 2. The molecule has 48 heteroatoms. The minimum Gasteiger partial charge on any atom is -0.481 e. The van der Waals surface area contributed by atoms with E-state index < -0.39 is 163 Å². The summed E-state index contributed by atoms with van der Waals surface area (Å²) in [7, 11) is 0. The molecular weight excluding hydrogens is 1680 g/mol. The van der Waals surface area contributed by atoms with Gasteiger partial charge >= 0.3 is 11.9 Å². The van der Waals surface area contributed by atoms with Crippen molar-refractivity contribution in [3.8, 4) is 0 Å². The van der Waals surface area contributed by atoms with Crippen molar-refractivity contribution in [3.05, 3.63) is 71.8 Å². The molecule has 688 valence electrons. The van der Waals surface area contributed by atoms with Crippen molar-refractivity contribution >= 4 is 138 Å². The average molecular weight is 1800 g/mol. The van der Waals surface area contributed by atoms with Crippen molar-refractivity contribution < 1.29 is 135 Å². The quantitative estimate of drug-likeness (QED) is 0.00961. The lowest BCUT2D eigenvalue weighted by atomic mass is 10.0. The third-order valence-corrected chi connectivity index (χ3v) is 18.1. The number of carbonyl (C=O) groups excluding carboxylic acids is 14. The number of nitrogens with two attached hydrogens (primary N) is 2. The fourth-order valence-electron chi connectivity index (χ4n) is 10.3. The lowest BCUT2D eigenvalue weighted by Gasteiger charge is -2.26. The smallest absolute Gasteiger partial charge is 0.334 e. The van der Waals surface area contributed by atoms with E-state index in [0.29, 0.717) is 58.4 Å². The van der Waals surface area contributed by atoms with E-state index in [2.05, 4.69) is 110 Å². The predicted octanol–water partition coefficient (Wildman–Crippen LogP) is -8.39. The lowest BCUT2D eigenvalue weighted by molar-refractivity contribution is -0.309. The number of hydrogen-bond donors (Lipinski definition) is 19. The van der Waals surface area contributed by atoms with Gasteiger partial charge in [-0.15, -0.1) is 11.8 Å². The largest absolute Gasteiger partial charge is 0.481 e. The number of unbranched alkanes of at least 4 members (excludes halogenated alkanes) is 1. The van der Waals surface area contributed by atoms with Gasteiger partial charge in [0.25, 0.3) is 5.91 Å². The van der Waals surface area contributed by atoms with Gasteiger partial charge in [0.1, 0.15) is 62.1 Å². The molecule has 14 amide bonds. The first-order chi connectivity index (χ1) is 59.4. The van der Waals surface area contributed by atoms with Crippen molar-refractivity contribution in [1.29, 1.82) is 0 Å². The fourth-order valence-corrected chi connectivity index (χ4v) is 11.6. The van der Waals surface area contributed by atoms with Gasteiger partial charge in [0.05, 0.1) is 131 Å². The molecule has 1 heterocycles. The molecule has 2 aromatic carbocycles. The van der Waals surface area contributed by atoms with E-state index in [1.807, 2.05) is 30.3 Å². The Morgan fingerprint density at radius 3 is 1.37 bits per heavy atom. The molecule has 0 aromatic heterocycles. The summed E-state index contributed by atoms with van der Waals surface area (Å²) < 4.78 is 54.2. The molecule has 7 unspecified atom stereocenters. The highest BCUT2D eigenvalue weighted by Gasteiger charge is 2.34. The third-order valence-electron chi connectivity index (χ3n) is 16.3. The normalized spacial score (nSPS) is 18.0. The Labute approximate surface area is 726 Å². The van der Waals surface area contributed by atoms with Gasteiger partial charge < -0.3 is 138 Å². The van der Waals surface area contributed by atoms with Gasteiger partial charge in [0, 0.05) is 62.9 Å². The van der Waals surface area contributed by atoms with E-state index in [4.69, 9.17) is 63.7 Å². The Kier molecular flexibility index (Phi) is 59.7. The van der Waals surface area contributed by atoms with Crippen molar-refractivity contribution in [1.82, 2.24) is 69.1 Å². The molecule has 0 bridgehead atoms. The molecule has 0 spiro atoms. The van der Waals surface area contributed by atoms with Crippen molar-refractivity contribution in [3.63, 3.8) is 0 Å². The maximum atomic E-state index is 14.6. The molecule has 7 atom stereocenters. The van der Waals surface area contributed by atoms with Crippen LogP contribution in [0.1, 0.15) is 49.7 Å². The molecule has 123 heavy (non-hydrogen) atoms. The van der Waals surface area contributed by atoms with Gasteiger partial charge in [0.2, 0.25) is 70.9 Å². The number of hydrogen-bond acceptors (Lipinski definition) is 31. The number of nitrogens with zero attached hydrogens (tertiary/aromatic N) is 2. The van der Waals surface area contributed by atoms with Gasteiger partial charge in [-0.05, 0) is 43.2 Å². The molecule has 0 radical (unpaired) electrons. The Morgan fingerprint density at radius 1 is 0.463 bits per heavy atom. The van der Waals surface area contributed by atoms with Gasteiger partial charge in [-0.25, -0.2) is 4.79 Å². The average Bonchev–Trinajstić information content (AvgIpc) is 0.988. The molecule has 1 aliphatic heterocycles. The maximum absolute atomic E-state index is 14.6. The van der Waals surface area contributed by atoms with E-state index in [9.17, 15) is 77.0 Å². The Morgan fingerprint density at radius 2 is 0.878 bits per heavy atom. The number of thioether (sulfide) groups is 1. The van der Waals surface area contributed by atoms with Crippen LogP contribution in [-0.4, -0.2) is 356 Å². The minimum absolute atomic E-state index is 0.0313. The number of benzene rings is 2. The van der Waals surface area contributed by atoms with Crippen molar-refractivity contribution in [2.45, 2.75) is 87.2 Å². The van der Waals surface area contributed by atoms with Gasteiger partial charge in [-0.1, -0.05) is 65.8 Å². The van der Waals surface area contributed by atoms with Crippen LogP contribution in [0.15, 0.2) is 70.8 Å². The molecule has 0 aliphatic carbocycles. The van der Waals surface area contributed by atoms with E-state index in [0.717, 1.165) is 17.3 Å². The summed E-state index contributed by atoms with van der Waals surface area (Å²) in [5.41, 5.74) is 15.5. The number of carboxylic acid groups (broad SMARTS) is 1. The van der Waals surface area contributed by atoms with Gasteiger partial charge in [0.15, 0.2) is 19.2 Å². The summed E-state index contributed by atoms with van der Waals surface area (Å²) in [6, 6.07) is 6.80. The molecule has 2 aromatic rings. The number of amides is 14. The number of nitrogens with one attached hydrogen (secondary N) is 13. The number of aliphatic carboxylic acids is 1. The van der Waals surface area contributed by atoms with Crippen LogP contribution < -0.4 is 86.3 Å². The topological polar surface area (TPSA) is 639 Å². The Bertz CT molecular complexity index is 3570. The molecule has 21 N–H and O–H groups in total. The first kappa shape index (κ1) is 107. The SMILES string of the molecule is NC(N)=NCCCC1NC(=O)C(CS)NC(=O)C(CCCCNC(=O)COCC(=O)NCCOCCOCCOCCOCCOCCNC(=O)CON=Cc2ccccc2)NC(=O)CSCC(C(=O)NCCOCCOCCOCCNC(=O)COCC([NH3+])=O)NC(=O)C(Cc2ccccc2)NC(=O)C(CS)NC(=O)C(CC(=O)O)NC(=O)CNC1=O. The van der Waals surface area contributed by atoms with E-state index in [-0.39, 0.29) is 174 Å². The van der Waals surface area contributed by atoms with Gasteiger partial charge in [-0.2, -0.15) is 25.3 Å². The van der Waals surface area contributed by atoms with Crippen LogP contribution >= 0.6 is 37.0 Å². The molecule has 1 fully saturated rings. The molecule has 45 nitrogen and oxygen atoms in total. The number of ether oxygens (including phenoxy) is 10. The summed E-state index contributed by atoms with van der Waals surface area (Å²) in [6.07, 6.45) is 0.415. The summed E-state index contributed by atoms with van der Waals surface area (Å²) in [5, 5.41) is 46.6. The number of oxime groups is 1. The van der Waals surface area contributed by atoms with E-state index in [1.54, 1.807) is 30.3 Å². The van der Waals surface area contributed by atoms with Crippen LogP contribution in [0.4, 0.5) is 0 Å². The predicted molar refractivity (Wildman–Crippen MR) is 449 cm³/mol. The van der Waals surface area contributed by atoms with Crippen LogP contribution in [0, 0.1) is 0 Å². The van der Waals surface area contributed by atoms with Crippen LogP contribution in [0.2, 0.25) is 0 Å². The highest BCUT2D eigenvalue weighted by Crippen LogP contribution is 2.12. The molecule has 1 aliphatic rings. The van der Waals surface area contributed by atoms with Crippen molar-refractivity contribution in [2.24, 2.45) is 21.6 Å². The number of carbonyl (C=O) groups is 15. The Balaban J connectivity index is 1.63. The molecule has 1 saturated heterocycles. The summed E-state index contributed by atoms with van der Waals surface area (Å²) in [4.78, 5) is 207. The summed E-state index contributed by atoms with van der Waals surface area (Å²) >= 11 is 9.38. The zero-order valence-corrected chi connectivity index (χ0v) is 71.2. The zero-order chi connectivity index (χ0) is 89.9.